The first-order valence-corrected chi connectivity index (χ1v) is 11.4. The van der Waals surface area contributed by atoms with E-state index in [1.807, 2.05) is 48.5 Å². The maximum atomic E-state index is 8.93. The highest BCUT2D eigenvalue weighted by Gasteiger charge is 2.30. The molecule has 0 aromatic heterocycles. The molecule has 7 nitrogen and oxygen atoms in total. The predicted molar refractivity (Wildman–Crippen MR) is 119 cm³/mol. The topological polar surface area (TPSA) is 75.6 Å². The van der Waals surface area contributed by atoms with Crippen molar-refractivity contribution in [2.75, 3.05) is 33.0 Å². The van der Waals surface area contributed by atoms with Crippen LogP contribution in [-0.2, 0) is 28.4 Å². The van der Waals surface area contributed by atoms with Gasteiger partial charge in [0.05, 0.1) is 63.1 Å². The van der Waals surface area contributed by atoms with Gasteiger partial charge in [0.1, 0.15) is 12.2 Å². The quantitative estimate of drug-likeness (QED) is 0.446. The van der Waals surface area contributed by atoms with E-state index in [4.69, 9.17) is 33.5 Å². The molecule has 1 N–H and O–H groups in total. The Balaban J connectivity index is 0.000000564. The summed E-state index contributed by atoms with van der Waals surface area (Å²) in [5.41, 5.74) is 0. The Morgan fingerprint density at radius 2 is 1.33 bits per heavy atom. The largest absolute Gasteiger partial charge is 0.394 e. The van der Waals surface area contributed by atoms with Crippen LogP contribution in [0.1, 0.15) is 68.7 Å². The number of aliphatic hydroxyl groups is 1. The standard InChI is InChI=1S/C12H26O4.C11H22O3/c1-9(2)14-7-12(8-15-10(3)4)16-11(5)6-13;1-8(2)13-7-11-10(5-6-12-11)14-9(3)4/h9-13H,6-8H2,1-5H3;8-11H,5-7H2,1-4H3/t11-;10-,11-/m01/s1. The van der Waals surface area contributed by atoms with Crippen LogP contribution in [0.5, 0.6) is 0 Å². The Morgan fingerprint density at radius 3 is 1.77 bits per heavy atom. The number of ether oxygens (including phenoxy) is 6. The minimum Gasteiger partial charge on any atom is -0.394 e. The second-order valence-corrected chi connectivity index (χ2v) is 8.82. The normalized spacial score (nSPS) is 20.5. The van der Waals surface area contributed by atoms with E-state index in [0.717, 1.165) is 13.0 Å². The average molecular weight is 437 g/mol. The van der Waals surface area contributed by atoms with Gasteiger partial charge in [-0.1, -0.05) is 0 Å². The summed E-state index contributed by atoms with van der Waals surface area (Å²) in [6, 6.07) is 0. The third-order valence-corrected chi connectivity index (χ3v) is 4.10. The van der Waals surface area contributed by atoms with Crippen molar-refractivity contribution in [1.29, 1.82) is 0 Å². The zero-order valence-corrected chi connectivity index (χ0v) is 20.8. The second-order valence-electron chi connectivity index (χ2n) is 8.82. The Kier molecular flexibility index (Phi) is 17.1. The van der Waals surface area contributed by atoms with Crippen LogP contribution in [0, 0.1) is 0 Å². The second kappa shape index (κ2) is 17.3. The lowest BCUT2D eigenvalue weighted by Crippen LogP contribution is -2.32. The molecule has 1 fully saturated rings. The Labute approximate surface area is 184 Å². The molecule has 0 amide bonds. The molecule has 0 spiro atoms. The molecule has 1 aliphatic heterocycles. The van der Waals surface area contributed by atoms with Gasteiger partial charge < -0.3 is 33.5 Å². The molecule has 0 saturated carbocycles. The van der Waals surface area contributed by atoms with Crippen LogP contribution < -0.4 is 0 Å². The number of hydrogen-bond donors (Lipinski definition) is 1. The van der Waals surface area contributed by atoms with E-state index in [9.17, 15) is 0 Å². The SMILES string of the molecule is CC(C)OCC(COC(C)C)O[C@@H](C)CO.CC(C)OC[C@H]1OCC[C@H]1OC(C)C. The van der Waals surface area contributed by atoms with E-state index in [1.54, 1.807) is 0 Å². The molecule has 182 valence electrons. The van der Waals surface area contributed by atoms with E-state index in [0.29, 0.717) is 19.8 Å². The molecule has 1 saturated heterocycles. The fourth-order valence-corrected chi connectivity index (χ4v) is 2.67. The summed E-state index contributed by atoms with van der Waals surface area (Å²) < 4.78 is 33.4. The third-order valence-electron chi connectivity index (χ3n) is 4.10. The zero-order chi connectivity index (χ0) is 23.1. The van der Waals surface area contributed by atoms with Crippen molar-refractivity contribution >= 4 is 0 Å². The molecule has 0 bridgehead atoms. The van der Waals surface area contributed by atoms with E-state index in [-0.39, 0.29) is 55.4 Å². The van der Waals surface area contributed by atoms with Gasteiger partial charge in [0.25, 0.3) is 0 Å². The molecule has 1 heterocycles. The molecular formula is C23H48O7. The summed E-state index contributed by atoms with van der Waals surface area (Å²) >= 11 is 0. The van der Waals surface area contributed by atoms with Crippen molar-refractivity contribution < 1.29 is 33.5 Å². The van der Waals surface area contributed by atoms with Crippen molar-refractivity contribution in [3.63, 3.8) is 0 Å². The highest BCUT2D eigenvalue weighted by atomic mass is 16.6. The van der Waals surface area contributed by atoms with E-state index in [2.05, 4.69) is 13.8 Å². The smallest absolute Gasteiger partial charge is 0.107 e. The van der Waals surface area contributed by atoms with Crippen LogP contribution in [-0.4, -0.2) is 87.0 Å². The zero-order valence-electron chi connectivity index (χ0n) is 20.8. The van der Waals surface area contributed by atoms with Crippen LogP contribution in [0.25, 0.3) is 0 Å². The molecule has 30 heavy (non-hydrogen) atoms. The first kappa shape index (κ1) is 29.7. The molecular weight excluding hydrogens is 388 g/mol. The molecule has 0 aromatic rings. The highest BCUT2D eigenvalue weighted by molar-refractivity contribution is 4.77. The molecule has 0 radical (unpaired) electrons. The van der Waals surface area contributed by atoms with E-state index in [1.165, 1.54) is 0 Å². The van der Waals surface area contributed by atoms with Gasteiger partial charge >= 0.3 is 0 Å². The first-order chi connectivity index (χ1) is 14.0. The third kappa shape index (κ3) is 16.4. The minimum absolute atomic E-state index is 0.0137. The van der Waals surface area contributed by atoms with E-state index >= 15 is 0 Å². The van der Waals surface area contributed by atoms with Crippen molar-refractivity contribution in [2.24, 2.45) is 0 Å². The molecule has 0 aliphatic carbocycles. The van der Waals surface area contributed by atoms with Gasteiger partial charge in [-0.05, 0) is 68.7 Å². The van der Waals surface area contributed by atoms with Gasteiger partial charge in [0, 0.05) is 6.61 Å². The minimum atomic E-state index is -0.184. The number of hydrogen-bond acceptors (Lipinski definition) is 7. The maximum absolute atomic E-state index is 8.93. The molecule has 7 heteroatoms. The average Bonchev–Trinajstić information content (AvgIpc) is 3.08. The van der Waals surface area contributed by atoms with Crippen molar-refractivity contribution in [3.05, 3.63) is 0 Å². The van der Waals surface area contributed by atoms with E-state index < -0.39 is 0 Å². The first-order valence-electron chi connectivity index (χ1n) is 11.4. The summed E-state index contributed by atoms with van der Waals surface area (Å²) in [6.45, 7) is 20.4. The van der Waals surface area contributed by atoms with Gasteiger partial charge in [0.15, 0.2) is 0 Å². The van der Waals surface area contributed by atoms with Crippen LogP contribution in [0.15, 0.2) is 0 Å². The molecule has 0 aromatic carbocycles. The summed E-state index contributed by atoms with van der Waals surface area (Å²) in [4.78, 5) is 0. The van der Waals surface area contributed by atoms with Crippen molar-refractivity contribution in [3.8, 4) is 0 Å². The lowest BCUT2D eigenvalue weighted by molar-refractivity contribution is -0.112. The summed E-state index contributed by atoms with van der Waals surface area (Å²) in [5, 5.41) is 8.93. The van der Waals surface area contributed by atoms with Gasteiger partial charge in [-0.25, -0.2) is 0 Å². The Hall–Kier alpha value is -0.280. The lowest BCUT2D eigenvalue weighted by Gasteiger charge is -2.23. The summed E-state index contributed by atoms with van der Waals surface area (Å²) in [5.74, 6) is 0. The summed E-state index contributed by atoms with van der Waals surface area (Å²) in [7, 11) is 0. The van der Waals surface area contributed by atoms with Crippen molar-refractivity contribution in [2.45, 2.75) is 118 Å². The molecule has 0 unspecified atom stereocenters. The predicted octanol–water partition coefficient (Wildman–Crippen LogP) is 3.60. The number of aliphatic hydroxyl groups excluding tert-OH is 1. The van der Waals surface area contributed by atoms with Crippen LogP contribution in [0.2, 0.25) is 0 Å². The highest BCUT2D eigenvalue weighted by Crippen LogP contribution is 2.19. The van der Waals surface area contributed by atoms with Gasteiger partial charge in [0.2, 0.25) is 0 Å². The Morgan fingerprint density at radius 1 is 0.800 bits per heavy atom. The fraction of sp³-hybridized carbons (Fsp3) is 1.00. The summed E-state index contributed by atoms with van der Waals surface area (Å²) in [6.07, 6.45) is 1.91. The van der Waals surface area contributed by atoms with Crippen LogP contribution in [0.4, 0.5) is 0 Å². The molecule has 3 atom stereocenters. The van der Waals surface area contributed by atoms with Gasteiger partial charge in [-0.3, -0.25) is 0 Å². The number of rotatable bonds is 14. The lowest BCUT2D eigenvalue weighted by atomic mass is 10.2. The van der Waals surface area contributed by atoms with Crippen molar-refractivity contribution in [1.82, 2.24) is 0 Å². The Bertz CT molecular complexity index is 376. The molecule has 1 rings (SSSR count). The monoisotopic (exact) mass is 436 g/mol. The van der Waals surface area contributed by atoms with Crippen LogP contribution >= 0.6 is 0 Å². The molecule has 1 aliphatic rings. The van der Waals surface area contributed by atoms with Gasteiger partial charge in [-0.2, -0.15) is 0 Å². The van der Waals surface area contributed by atoms with Gasteiger partial charge in [-0.15, -0.1) is 0 Å². The van der Waals surface area contributed by atoms with Crippen LogP contribution in [0.3, 0.4) is 0 Å². The fourth-order valence-electron chi connectivity index (χ4n) is 2.67. The maximum Gasteiger partial charge on any atom is 0.107 e.